The zero-order valence-corrected chi connectivity index (χ0v) is 8.83. The van der Waals surface area contributed by atoms with E-state index >= 15 is 0 Å². The molecular weight excluding hydrogens is 184 g/mol. The van der Waals surface area contributed by atoms with Gasteiger partial charge in [0.1, 0.15) is 6.04 Å². The monoisotopic (exact) mass is 202 g/mol. The summed E-state index contributed by atoms with van der Waals surface area (Å²) in [5.74, 6) is -0.517. The number of hydrogen-bond acceptors (Lipinski definition) is 2. The Hall–Kier alpha value is -1.26. The van der Waals surface area contributed by atoms with Crippen LogP contribution in [-0.2, 0) is 4.79 Å². The fraction of sp³-hybridized carbons (Fsp3) is 0.778. The van der Waals surface area contributed by atoms with E-state index in [1.165, 1.54) is 6.92 Å². The Morgan fingerprint density at radius 1 is 1.29 bits per heavy atom. The van der Waals surface area contributed by atoms with Crippen molar-refractivity contribution in [2.45, 2.75) is 33.2 Å². The zero-order chi connectivity index (χ0) is 11.1. The Labute approximate surface area is 83.9 Å². The van der Waals surface area contributed by atoms with Gasteiger partial charge in [-0.1, -0.05) is 13.8 Å². The third-order valence-electron chi connectivity index (χ3n) is 1.73. The SMILES string of the molecule is CC(C)CCNC(=O)NC(C)C(=O)O. The number of carbonyl (C=O) groups is 2. The second kappa shape index (κ2) is 6.23. The molecule has 2 amide bonds. The largest absolute Gasteiger partial charge is 0.480 e. The number of carboxylic acid groups (broad SMARTS) is 1. The molecule has 5 nitrogen and oxygen atoms in total. The molecule has 14 heavy (non-hydrogen) atoms. The predicted octanol–water partition coefficient (Wildman–Crippen LogP) is 0.805. The van der Waals surface area contributed by atoms with Gasteiger partial charge in [0, 0.05) is 6.54 Å². The first-order valence-electron chi connectivity index (χ1n) is 4.70. The Balaban J connectivity index is 3.60. The molecule has 5 heteroatoms. The lowest BCUT2D eigenvalue weighted by Crippen LogP contribution is -2.44. The van der Waals surface area contributed by atoms with Crippen LogP contribution >= 0.6 is 0 Å². The second-order valence-electron chi connectivity index (χ2n) is 3.64. The van der Waals surface area contributed by atoms with Gasteiger partial charge in [-0.25, -0.2) is 4.79 Å². The van der Waals surface area contributed by atoms with Crippen molar-refractivity contribution in [2.75, 3.05) is 6.54 Å². The molecule has 1 atom stereocenters. The highest BCUT2D eigenvalue weighted by Gasteiger charge is 2.12. The van der Waals surface area contributed by atoms with E-state index in [0.29, 0.717) is 12.5 Å². The average molecular weight is 202 g/mol. The highest BCUT2D eigenvalue weighted by atomic mass is 16.4. The van der Waals surface area contributed by atoms with Crippen molar-refractivity contribution in [2.24, 2.45) is 5.92 Å². The molecule has 0 aromatic heterocycles. The van der Waals surface area contributed by atoms with E-state index in [1.807, 2.05) is 0 Å². The highest BCUT2D eigenvalue weighted by Crippen LogP contribution is 1.95. The Morgan fingerprint density at radius 3 is 2.29 bits per heavy atom. The fourth-order valence-electron chi connectivity index (χ4n) is 0.784. The van der Waals surface area contributed by atoms with Gasteiger partial charge in [-0.05, 0) is 19.3 Å². The predicted molar refractivity (Wildman–Crippen MR) is 53.1 cm³/mol. The molecule has 0 heterocycles. The molecular formula is C9H18N2O3. The minimum absolute atomic E-state index is 0.430. The second-order valence-corrected chi connectivity index (χ2v) is 3.64. The van der Waals surface area contributed by atoms with Gasteiger partial charge in [0.2, 0.25) is 0 Å². The van der Waals surface area contributed by atoms with E-state index in [1.54, 1.807) is 0 Å². The molecule has 0 radical (unpaired) electrons. The third kappa shape index (κ3) is 6.28. The number of aliphatic carboxylic acids is 1. The van der Waals surface area contributed by atoms with Crippen molar-refractivity contribution in [1.29, 1.82) is 0 Å². The standard InChI is InChI=1S/C9H18N2O3/c1-6(2)4-5-10-9(14)11-7(3)8(12)13/h6-7H,4-5H2,1-3H3,(H,12,13)(H2,10,11,14). The molecule has 0 aromatic carbocycles. The molecule has 0 saturated heterocycles. The Morgan fingerprint density at radius 2 is 1.86 bits per heavy atom. The van der Waals surface area contributed by atoms with Crippen LogP contribution in [0.4, 0.5) is 4.79 Å². The van der Waals surface area contributed by atoms with E-state index in [0.717, 1.165) is 6.42 Å². The molecule has 0 spiro atoms. The van der Waals surface area contributed by atoms with E-state index in [9.17, 15) is 9.59 Å². The molecule has 0 aliphatic heterocycles. The van der Waals surface area contributed by atoms with Gasteiger partial charge >= 0.3 is 12.0 Å². The summed E-state index contributed by atoms with van der Waals surface area (Å²) in [6, 6.07) is -1.28. The molecule has 0 saturated carbocycles. The smallest absolute Gasteiger partial charge is 0.325 e. The highest BCUT2D eigenvalue weighted by molar-refractivity contribution is 5.82. The van der Waals surface area contributed by atoms with Crippen LogP contribution in [0.1, 0.15) is 27.2 Å². The Kier molecular flexibility index (Phi) is 5.67. The normalized spacial score (nSPS) is 12.3. The van der Waals surface area contributed by atoms with Gasteiger partial charge in [-0.15, -0.1) is 0 Å². The van der Waals surface area contributed by atoms with Crippen molar-refractivity contribution in [3.8, 4) is 0 Å². The van der Waals surface area contributed by atoms with Crippen molar-refractivity contribution >= 4 is 12.0 Å². The third-order valence-corrected chi connectivity index (χ3v) is 1.73. The van der Waals surface area contributed by atoms with Gasteiger partial charge in [-0.2, -0.15) is 0 Å². The first kappa shape index (κ1) is 12.7. The number of carboxylic acids is 1. The Bertz CT molecular complexity index is 204. The lowest BCUT2D eigenvalue weighted by Gasteiger charge is -2.11. The lowest BCUT2D eigenvalue weighted by molar-refractivity contribution is -0.138. The quantitative estimate of drug-likeness (QED) is 0.617. The molecule has 0 fully saturated rings. The van der Waals surface area contributed by atoms with Gasteiger partial charge in [0.05, 0.1) is 0 Å². The van der Waals surface area contributed by atoms with Crippen molar-refractivity contribution in [3.05, 3.63) is 0 Å². The summed E-state index contributed by atoms with van der Waals surface area (Å²) >= 11 is 0. The maximum Gasteiger partial charge on any atom is 0.325 e. The average Bonchev–Trinajstić information content (AvgIpc) is 2.02. The molecule has 3 N–H and O–H groups in total. The lowest BCUT2D eigenvalue weighted by atomic mass is 10.1. The van der Waals surface area contributed by atoms with Crippen molar-refractivity contribution < 1.29 is 14.7 Å². The van der Waals surface area contributed by atoms with Crippen LogP contribution in [0.5, 0.6) is 0 Å². The first-order valence-corrected chi connectivity index (χ1v) is 4.70. The summed E-state index contributed by atoms with van der Waals surface area (Å²) in [6.07, 6.45) is 0.884. The van der Waals surface area contributed by atoms with Crippen molar-refractivity contribution in [1.82, 2.24) is 10.6 Å². The number of urea groups is 1. The van der Waals surface area contributed by atoms with E-state index in [-0.39, 0.29) is 0 Å². The van der Waals surface area contributed by atoms with Crippen LogP contribution in [0, 0.1) is 5.92 Å². The van der Waals surface area contributed by atoms with E-state index in [4.69, 9.17) is 5.11 Å². The van der Waals surface area contributed by atoms with Gasteiger partial charge < -0.3 is 15.7 Å². The van der Waals surface area contributed by atoms with Gasteiger partial charge in [0.25, 0.3) is 0 Å². The number of carbonyl (C=O) groups excluding carboxylic acids is 1. The van der Waals surface area contributed by atoms with Gasteiger partial charge in [-0.3, -0.25) is 4.79 Å². The zero-order valence-electron chi connectivity index (χ0n) is 8.83. The molecule has 0 bridgehead atoms. The molecule has 1 unspecified atom stereocenters. The van der Waals surface area contributed by atoms with Crippen LogP contribution < -0.4 is 10.6 Å². The summed E-state index contributed by atoms with van der Waals surface area (Å²) in [4.78, 5) is 21.4. The van der Waals surface area contributed by atoms with Crippen LogP contribution in [-0.4, -0.2) is 29.7 Å². The summed E-state index contributed by atoms with van der Waals surface area (Å²) in [6.45, 7) is 6.10. The van der Waals surface area contributed by atoms with E-state index in [2.05, 4.69) is 24.5 Å². The van der Waals surface area contributed by atoms with Gasteiger partial charge in [0.15, 0.2) is 0 Å². The number of amides is 2. The summed E-state index contributed by atoms with van der Waals surface area (Å²) < 4.78 is 0. The molecule has 0 aromatic rings. The van der Waals surface area contributed by atoms with Crippen LogP contribution in [0.3, 0.4) is 0 Å². The topological polar surface area (TPSA) is 78.4 Å². The maximum atomic E-state index is 11.1. The fourth-order valence-corrected chi connectivity index (χ4v) is 0.784. The molecule has 0 aliphatic carbocycles. The summed E-state index contributed by atoms with van der Waals surface area (Å²) in [7, 11) is 0. The van der Waals surface area contributed by atoms with Crippen molar-refractivity contribution in [3.63, 3.8) is 0 Å². The molecule has 0 rings (SSSR count). The minimum atomic E-state index is -1.04. The summed E-state index contributed by atoms with van der Waals surface area (Å²) in [5.41, 5.74) is 0. The number of hydrogen-bond donors (Lipinski definition) is 3. The number of nitrogens with one attached hydrogen (secondary N) is 2. The van der Waals surface area contributed by atoms with Crippen LogP contribution in [0.2, 0.25) is 0 Å². The molecule has 0 aliphatic rings. The minimum Gasteiger partial charge on any atom is -0.480 e. The summed E-state index contributed by atoms with van der Waals surface area (Å²) in [5, 5.41) is 13.4. The molecule has 82 valence electrons. The first-order chi connectivity index (χ1) is 6.43. The van der Waals surface area contributed by atoms with Crippen LogP contribution in [0.25, 0.3) is 0 Å². The number of rotatable bonds is 5. The maximum absolute atomic E-state index is 11.1. The van der Waals surface area contributed by atoms with Crippen LogP contribution in [0.15, 0.2) is 0 Å². The van der Waals surface area contributed by atoms with E-state index < -0.39 is 18.0 Å².